The highest BCUT2D eigenvalue weighted by Crippen LogP contribution is 2.27. The van der Waals surface area contributed by atoms with Crippen LogP contribution in [0.4, 0.5) is 0 Å². The molecule has 0 bridgehead atoms. The second-order valence-electron chi connectivity index (χ2n) is 3.83. The van der Waals surface area contributed by atoms with Crippen molar-refractivity contribution in [1.29, 1.82) is 0 Å². The van der Waals surface area contributed by atoms with Crippen LogP contribution in [0.5, 0.6) is 0 Å². The van der Waals surface area contributed by atoms with Crippen LogP contribution in [-0.4, -0.2) is 17.8 Å². The van der Waals surface area contributed by atoms with Crippen LogP contribution in [-0.2, 0) is 0 Å². The van der Waals surface area contributed by atoms with Crippen LogP contribution < -0.4 is 10.9 Å². The molecule has 2 rings (SSSR count). The van der Waals surface area contributed by atoms with E-state index in [0.29, 0.717) is 12.0 Å². The zero-order chi connectivity index (χ0) is 9.97. The summed E-state index contributed by atoms with van der Waals surface area (Å²) in [6, 6.07) is 10.8. The molecule has 76 valence electrons. The Morgan fingerprint density at radius 1 is 1.21 bits per heavy atom. The van der Waals surface area contributed by atoms with Crippen LogP contribution in [0.15, 0.2) is 30.3 Å². The first-order chi connectivity index (χ1) is 6.83. The Labute approximate surface area is 84.1 Å². The number of benzene rings is 1. The van der Waals surface area contributed by atoms with Gasteiger partial charge in [-0.1, -0.05) is 37.3 Å². The Morgan fingerprint density at radius 2 is 1.93 bits per heavy atom. The maximum Gasteiger partial charge on any atom is 0.0601 e. The lowest BCUT2D eigenvalue weighted by molar-refractivity contribution is 0.228. The summed E-state index contributed by atoms with van der Waals surface area (Å²) in [5.41, 5.74) is 7.59. The summed E-state index contributed by atoms with van der Waals surface area (Å²) < 4.78 is 0. The molecule has 3 unspecified atom stereocenters. The molecule has 0 radical (unpaired) electrons. The van der Waals surface area contributed by atoms with E-state index in [0.717, 1.165) is 0 Å². The van der Waals surface area contributed by atoms with Gasteiger partial charge in [-0.15, -0.1) is 0 Å². The molecule has 1 aromatic carbocycles. The molecule has 0 amide bonds. The lowest BCUT2D eigenvalue weighted by Crippen LogP contribution is -2.34. The molecule has 3 nitrogen and oxygen atoms in total. The molecule has 3 heteroatoms. The fraction of sp³-hybridized carbons (Fsp3) is 0.455. The number of hydrogen-bond acceptors (Lipinski definition) is 3. The summed E-state index contributed by atoms with van der Waals surface area (Å²) in [4.78, 5) is 0. The summed E-state index contributed by atoms with van der Waals surface area (Å²) in [6.07, 6.45) is 0. The van der Waals surface area contributed by atoms with Gasteiger partial charge in [-0.25, -0.2) is 5.43 Å². The third-order valence-electron chi connectivity index (χ3n) is 2.94. The second kappa shape index (κ2) is 4.09. The molecule has 1 aromatic rings. The van der Waals surface area contributed by atoms with Crippen LogP contribution in [0.1, 0.15) is 18.5 Å². The number of aliphatic hydroxyl groups excluding tert-OH is 1. The van der Waals surface area contributed by atoms with Crippen LogP contribution in [0.2, 0.25) is 0 Å². The van der Waals surface area contributed by atoms with Crippen LogP contribution in [0.3, 0.4) is 0 Å². The van der Waals surface area contributed by atoms with Gasteiger partial charge in [0.05, 0.1) is 12.6 Å². The maximum atomic E-state index is 9.10. The summed E-state index contributed by atoms with van der Waals surface area (Å²) in [5, 5.41) is 9.10. The zero-order valence-corrected chi connectivity index (χ0v) is 8.27. The molecule has 0 spiro atoms. The fourth-order valence-corrected chi connectivity index (χ4v) is 1.95. The van der Waals surface area contributed by atoms with Crippen molar-refractivity contribution in [3.05, 3.63) is 35.9 Å². The monoisotopic (exact) mass is 192 g/mol. The Bertz CT molecular complexity index is 289. The minimum absolute atomic E-state index is 0.153. The highest BCUT2D eigenvalue weighted by Gasteiger charge is 2.32. The van der Waals surface area contributed by atoms with Gasteiger partial charge in [0.1, 0.15) is 0 Å². The molecule has 3 atom stereocenters. The quantitative estimate of drug-likeness (QED) is 0.650. The van der Waals surface area contributed by atoms with Gasteiger partial charge in [-0.3, -0.25) is 5.43 Å². The standard InChI is InChI=1S/C11H16N2O/c1-8-10(7-14)12-13-11(8)9-5-3-2-4-6-9/h2-6,8,10-14H,7H2,1H3. The molecule has 1 heterocycles. The molecule has 1 saturated heterocycles. The number of hydrogen-bond donors (Lipinski definition) is 3. The van der Waals surface area contributed by atoms with Gasteiger partial charge >= 0.3 is 0 Å². The van der Waals surface area contributed by atoms with Gasteiger partial charge in [0, 0.05) is 6.04 Å². The minimum Gasteiger partial charge on any atom is -0.395 e. The van der Waals surface area contributed by atoms with Gasteiger partial charge in [0.25, 0.3) is 0 Å². The summed E-state index contributed by atoms with van der Waals surface area (Å²) in [7, 11) is 0. The lowest BCUT2D eigenvalue weighted by Gasteiger charge is -2.17. The van der Waals surface area contributed by atoms with Crippen molar-refractivity contribution < 1.29 is 5.11 Å². The van der Waals surface area contributed by atoms with Gasteiger partial charge in [-0.05, 0) is 11.5 Å². The SMILES string of the molecule is CC1C(CO)NNC1c1ccccc1. The van der Waals surface area contributed by atoms with Crippen molar-refractivity contribution >= 4 is 0 Å². The van der Waals surface area contributed by atoms with E-state index in [-0.39, 0.29) is 12.6 Å². The third kappa shape index (κ3) is 1.66. The first-order valence-corrected chi connectivity index (χ1v) is 5.00. The Hall–Kier alpha value is -0.900. The third-order valence-corrected chi connectivity index (χ3v) is 2.94. The molecule has 1 aliphatic rings. The predicted octanol–water partition coefficient (Wildman–Crippen LogP) is 0.832. The van der Waals surface area contributed by atoms with Crippen molar-refractivity contribution in [2.45, 2.75) is 19.0 Å². The Kier molecular flexibility index (Phi) is 2.82. The van der Waals surface area contributed by atoms with E-state index in [2.05, 4.69) is 29.9 Å². The van der Waals surface area contributed by atoms with Gasteiger partial charge in [0.2, 0.25) is 0 Å². The minimum atomic E-state index is 0.153. The van der Waals surface area contributed by atoms with Crippen molar-refractivity contribution in [3.8, 4) is 0 Å². The molecule has 0 saturated carbocycles. The number of rotatable bonds is 2. The van der Waals surface area contributed by atoms with E-state index in [9.17, 15) is 0 Å². The molecular formula is C11H16N2O. The van der Waals surface area contributed by atoms with E-state index in [4.69, 9.17) is 5.11 Å². The smallest absolute Gasteiger partial charge is 0.0601 e. The molecular weight excluding hydrogens is 176 g/mol. The number of nitrogens with one attached hydrogen (secondary N) is 2. The second-order valence-corrected chi connectivity index (χ2v) is 3.83. The lowest BCUT2D eigenvalue weighted by atomic mass is 9.92. The van der Waals surface area contributed by atoms with Crippen molar-refractivity contribution in [2.75, 3.05) is 6.61 Å². The van der Waals surface area contributed by atoms with Crippen molar-refractivity contribution in [1.82, 2.24) is 10.9 Å². The highest BCUT2D eigenvalue weighted by atomic mass is 16.3. The van der Waals surface area contributed by atoms with E-state index in [1.165, 1.54) is 5.56 Å². The van der Waals surface area contributed by atoms with Crippen LogP contribution in [0, 0.1) is 5.92 Å². The van der Waals surface area contributed by atoms with Crippen LogP contribution in [0.25, 0.3) is 0 Å². The molecule has 3 N–H and O–H groups in total. The largest absolute Gasteiger partial charge is 0.395 e. The average Bonchev–Trinajstić information content (AvgIpc) is 2.61. The van der Waals surface area contributed by atoms with Crippen molar-refractivity contribution in [2.24, 2.45) is 5.92 Å². The highest BCUT2D eigenvalue weighted by molar-refractivity contribution is 5.21. The predicted molar refractivity (Wildman–Crippen MR) is 55.5 cm³/mol. The molecule has 0 aliphatic carbocycles. The molecule has 1 aliphatic heterocycles. The maximum absolute atomic E-state index is 9.10. The van der Waals surface area contributed by atoms with Crippen molar-refractivity contribution in [3.63, 3.8) is 0 Å². The first-order valence-electron chi connectivity index (χ1n) is 5.00. The Morgan fingerprint density at radius 3 is 2.50 bits per heavy atom. The summed E-state index contributed by atoms with van der Waals surface area (Å²) >= 11 is 0. The number of hydrazine groups is 1. The summed E-state index contributed by atoms with van der Waals surface area (Å²) in [5.74, 6) is 0.405. The summed E-state index contributed by atoms with van der Waals surface area (Å²) in [6.45, 7) is 2.32. The van der Waals surface area contributed by atoms with E-state index in [1.54, 1.807) is 0 Å². The molecule has 14 heavy (non-hydrogen) atoms. The average molecular weight is 192 g/mol. The van der Waals surface area contributed by atoms with Gasteiger partial charge < -0.3 is 5.11 Å². The van der Waals surface area contributed by atoms with E-state index < -0.39 is 0 Å². The van der Waals surface area contributed by atoms with Gasteiger partial charge in [-0.2, -0.15) is 0 Å². The zero-order valence-electron chi connectivity index (χ0n) is 8.27. The van der Waals surface area contributed by atoms with Gasteiger partial charge in [0.15, 0.2) is 0 Å². The van der Waals surface area contributed by atoms with Crippen LogP contribution >= 0.6 is 0 Å². The molecule has 0 aromatic heterocycles. The van der Waals surface area contributed by atoms with E-state index >= 15 is 0 Å². The molecule has 1 fully saturated rings. The number of aliphatic hydroxyl groups is 1. The topological polar surface area (TPSA) is 44.3 Å². The normalized spacial score (nSPS) is 32.0. The van der Waals surface area contributed by atoms with E-state index in [1.807, 2.05) is 18.2 Å². The fourth-order valence-electron chi connectivity index (χ4n) is 1.95. The first kappa shape index (κ1) is 9.65. The Balaban J connectivity index is 2.14.